The number of likely N-dealkylation sites (tertiary alicyclic amines) is 1. The Balaban J connectivity index is 1.98. The van der Waals surface area contributed by atoms with Gasteiger partial charge in [0.1, 0.15) is 0 Å². The molecule has 1 aliphatic rings. The lowest BCUT2D eigenvalue weighted by atomic mass is 9.90. The Labute approximate surface area is 112 Å². The van der Waals surface area contributed by atoms with E-state index in [4.69, 9.17) is 9.47 Å². The molecule has 0 aromatic heterocycles. The van der Waals surface area contributed by atoms with E-state index in [1.807, 2.05) is 0 Å². The van der Waals surface area contributed by atoms with Gasteiger partial charge >= 0.3 is 0 Å². The average molecular weight is 258 g/mol. The van der Waals surface area contributed by atoms with Crippen LogP contribution in [0.3, 0.4) is 0 Å². The minimum Gasteiger partial charge on any atom is -0.382 e. The third-order valence-corrected chi connectivity index (χ3v) is 3.99. The number of methoxy groups -OCH3 is 1. The van der Waals surface area contributed by atoms with Gasteiger partial charge in [-0.15, -0.1) is 0 Å². The van der Waals surface area contributed by atoms with Gasteiger partial charge in [-0.05, 0) is 52.2 Å². The summed E-state index contributed by atoms with van der Waals surface area (Å²) in [6.45, 7) is 8.24. The van der Waals surface area contributed by atoms with Crippen LogP contribution >= 0.6 is 0 Å². The number of hydrogen-bond acceptors (Lipinski definition) is 4. The second-order valence-corrected chi connectivity index (χ2v) is 5.22. The zero-order valence-electron chi connectivity index (χ0n) is 12.3. The summed E-state index contributed by atoms with van der Waals surface area (Å²) in [5.74, 6) is 0.851. The predicted octanol–water partition coefficient (Wildman–Crippen LogP) is 1.36. The second kappa shape index (κ2) is 9.73. The van der Waals surface area contributed by atoms with Gasteiger partial charge in [-0.3, -0.25) is 0 Å². The lowest BCUT2D eigenvalue weighted by Crippen LogP contribution is -2.41. The SMILES string of the molecule is CNC(C)C1CCN(CCCOCCOC)CC1. The molecule has 1 heterocycles. The standard InChI is InChI=1S/C14H30N2O2/c1-13(15-2)14-5-8-16(9-6-14)7-4-10-18-12-11-17-3/h13-15H,4-12H2,1-3H3. The van der Waals surface area contributed by atoms with E-state index in [1.165, 1.54) is 32.5 Å². The highest BCUT2D eigenvalue weighted by Gasteiger charge is 2.22. The largest absolute Gasteiger partial charge is 0.382 e. The van der Waals surface area contributed by atoms with Gasteiger partial charge in [0, 0.05) is 26.3 Å². The fourth-order valence-corrected chi connectivity index (χ4v) is 2.55. The van der Waals surface area contributed by atoms with Crippen molar-refractivity contribution in [2.75, 3.05) is 53.6 Å². The maximum Gasteiger partial charge on any atom is 0.0700 e. The van der Waals surface area contributed by atoms with Crippen LogP contribution < -0.4 is 5.32 Å². The van der Waals surface area contributed by atoms with E-state index in [1.54, 1.807) is 7.11 Å². The number of hydrogen-bond donors (Lipinski definition) is 1. The van der Waals surface area contributed by atoms with Crippen LogP contribution in [-0.2, 0) is 9.47 Å². The van der Waals surface area contributed by atoms with Gasteiger partial charge in [-0.25, -0.2) is 0 Å². The summed E-state index contributed by atoms with van der Waals surface area (Å²) in [6, 6.07) is 0.657. The molecule has 1 rings (SSSR count). The second-order valence-electron chi connectivity index (χ2n) is 5.22. The summed E-state index contributed by atoms with van der Waals surface area (Å²) >= 11 is 0. The molecular formula is C14H30N2O2. The monoisotopic (exact) mass is 258 g/mol. The van der Waals surface area contributed by atoms with Gasteiger partial charge in [0.15, 0.2) is 0 Å². The smallest absolute Gasteiger partial charge is 0.0700 e. The summed E-state index contributed by atoms with van der Waals surface area (Å²) in [5.41, 5.74) is 0. The topological polar surface area (TPSA) is 33.7 Å². The minimum absolute atomic E-state index is 0.657. The highest BCUT2D eigenvalue weighted by atomic mass is 16.5. The van der Waals surface area contributed by atoms with E-state index in [2.05, 4.69) is 24.2 Å². The van der Waals surface area contributed by atoms with Gasteiger partial charge in [0.05, 0.1) is 13.2 Å². The molecule has 0 spiro atoms. The van der Waals surface area contributed by atoms with Gasteiger partial charge < -0.3 is 19.7 Å². The van der Waals surface area contributed by atoms with Gasteiger partial charge in [0.25, 0.3) is 0 Å². The van der Waals surface area contributed by atoms with Crippen molar-refractivity contribution in [1.29, 1.82) is 0 Å². The number of ether oxygens (including phenoxy) is 2. The highest BCUT2D eigenvalue weighted by Crippen LogP contribution is 2.20. The Kier molecular flexibility index (Phi) is 8.59. The molecule has 0 aromatic carbocycles. The Morgan fingerprint density at radius 2 is 1.94 bits per heavy atom. The molecule has 4 heteroatoms. The first-order chi connectivity index (χ1) is 8.77. The molecule has 1 N–H and O–H groups in total. The molecule has 108 valence electrons. The Morgan fingerprint density at radius 1 is 1.22 bits per heavy atom. The van der Waals surface area contributed by atoms with Crippen LogP contribution in [0.25, 0.3) is 0 Å². The van der Waals surface area contributed by atoms with Crippen molar-refractivity contribution in [1.82, 2.24) is 10.2 Å². The van der Waals surface area contributed by atoms with E-state index < -0.39 is 0 Å². The van der Waals surface area contributed by atoms with E-state index in [0.717, 1.165) is 25.6 Å². The van der Waals surface area contributed by atoms with Crippen molar-refractivity contribution in [3.63, 3.8) is 0 Å². The van der Waals surface area contributed by atoms with Crippen LogP contribution in [0, 0.1) is 5.92 Å². The first-order valence-electron chi connectivity index (χ1n) is 7.24. The van der Waals surface area contributed by atoms with Crippen LogP contribution in [-0.4, -0.2) is 64.6 Å². The van der Waals surface area contributed by atoms with Crippen molar-refractivity contribution < 1.29 is 9.47 Å². The van der Waals surface area contributed by atoms with E-state index in [-0.39, 0.29) is 0 Å². The molecule has 0 bridgehead atoms. The molecule has 1 aliphatic heterocycles. The zero-order chi connectivity index (χ0) is 13.2. The number of nitrogens with zero attached hydrogens (tertiary/aromatic N) is 1. The molecule has 1 saturated heterocycles. The third kappa shape index (κ3) is 6.14. The summed E-state index contributed by atoms with van der Waals surface area (Å²) in [7, 11) is 3.77. The Hall–Kier alpha value is -0.160. The van der Waals surface area contributed by atoms with E-state index >= 15 is 0 Å². The Bertz CT molecular complexity index is 194. The minimum atomic E-state index is 0.657. The summed E-state index contributed by atoms with van der Waals surface area (Å²) < 4.78 is 10.4. The zero-order valence-corrected chi connectivity index (χ0v) is 12.3. The van der Waals surface area contributed by atoms with Gasteiger partial charge in [0.2, 0.25) is 0 Å². The third-order valence-electron chi connectivity index (χ3n) is 3.99. The summed E-state index contributed by atoms with van der Waals surface area (Å²) in [4.78, 5) is 2.57. The maximum atomic E-state index is 5.48. The lowest BCUT2D eigenvalue weighted by molar-refractivity contribution is 0.0625. The van der Waals surface area contributed by atoms with Crippen LogP contribution in [0.15, 0.2) is 0 Å². The Morgan fingerprint density at radius 3 is 2.56 bits per heavy atom. The van der Waals surface area contributed by atoms with Crippen LogP contribution in [0.5, 0.6) is 0 Å². The van der Waals surface area contributed by atoms with Crippen LogP contribution in [0.1, 0.15) is 26.2 Å². The number of rotatable bonds is 9. The fourth-order valence-electron chi connectivity index (χ4n) is 2.55. The van der Waals surface area contributed by atoms with Crippen LogP contribution in [0.4, 0.5) is 0 Å². The quantitative estimate of drug-likeness (QED) is 0.633. The van der Waals surface area contributed by atoms with E-state index in [0.29, 0.717) is 12.6 Å². The highest BCUT2D eigenvalue weighted by molar-refractivity contribution is 4.78. The number of nitrogens with one attached hydrogen (secondary N) is 1. The molecule has 1 atom stereocenters. The van der Waals surface area contributed by atoms with Crippen molar-refractivity contribution in [3.05, 3.63) is 0 Å². The van der Waals surface area contributed by atoms with Crippen molar-refractivity contribution >= 4 is 0 Å². The summed E-state index contributed by atoms with van der Waals surface area (Å²) in [6.07, 6.45) is 3.79. The molecular weight excluding hydrogens is 228 g/mol. The molecule has 1 unspecified atom stereocenters. The normalized spacial score (nSPS) is 20.2. The lowest BCUT2D eigenvalue weighted by Gasteiger charge is -2.34. The number of piperidine rings is 1. The van der Waals surface area contributed by atoms with Crippen molar-refractivity contribution in [3.8, 4) is 0 Å². The van der Waals surface area contributed by atoms with Crippen molar-refractivity contribution in [2.45, 2.75) is 32.2 Å². The van der Waals surface area contributed by atoms with Crippen molar-refractivity contribution in [2.24, 2.45) is 5.92 Å². The molecule has 1 fully saturated rings. The van der Waals surface area contributed by atoms with Crippen LogP contribution in [0.2, 0.25) is 0 Å². The van der Waals surface area contributed by atoms with Gasteiger partial charge in [-0.1, -0.05) is 0 Å². The molecule has 0 saturated carbocycles. The summed E-state index contributed by atoms with van der Waals surface area (Å²) in [5, 5.41) is 3.37. The van der Waals surface area contributed by atoms with Gasteiger partial charge in [-0.2, -0.15) is 0 Å². The molecule has 18 heavy (non-hydrogen) atoms. The molecule has 0 amide bonds. The molecule has 0 aliphatic carbocycles. The first-order valence-corrected chi connectivity index (χ1v) is 7.24. The average Bonchev–Trinajstić information content (AvgIpc) is 2.42. The predicted molar refractivity (Wildman–Crippen MR) is 75.0 cm³/mol. The maximum absolute atomic E-state index is 5.48. The molecule has 0 aromatic rings. The molecule has 4 nitrogen and oxygen atoms in total. The molecule has 0 radical (unpaired) electrons. The first kappa shape index (κ1) is 15.9. The fraction of sp³-hybridized carbons (Fsp3) is 1.00. The van der Waals surface area contributed by atoms with E-state index in [9.17, 15) is 0 Å².